The third-order valence-electron chi connectivity index (χ3n) is 6.64. The minimum absolute atomic E-state index is 0. The molecule has 4 rings (SSSR count). The van der Waals surface area contributed by atoms with Crippen LogP contribution < -0.4 is 0 Å². The van der Waals surface area contributed by atoms with Crippen LogP contribution in [0.5, 0.6) is 0 Å². The monoisotopic (exact) mass is 456 g/mol. The Hall–Kier alpha value is -3.13. The number of hydrogen-bond donors (Lipinski definition) is 1. The van der Waals surface area contributed by atoms with E-state index in [-0.39, 0.29) is 2.85 Å². The van der Waals surface area contributed by atoms with E-state index in [1.165, 1.54) is 50.7 Å². The summed E-state index contributed by atoms with van der Waals surface area (Å²) in [6.45, 7) is 15.1. The van der Waals surface area contributed by atoms with Crippen molar-refractivity contribution in [2.75, 3.05) is 0 Å². The van der Waals surface area contributed by atoms with Gasteiger partial charge in [0.15, 0.2) is 0 Å². The van der Waals surface area contributed by atoms with Crippen molar-refractivity contribution in [3.05, 3.63) is 106 Å². The molecule has 182 valence electrons. The van der Waals surface area contributed by atoms with Gasteiger partial charge in [0.05, 0.1) is 0 Å². The van der Waals surface area contributed by atoms with Gasteiger partial charge in [0.2, 0.25) is 0 Å². The molecular formula is C32H44N2. The van der Waals surface area contributed by atoms with Gasteiger partial charge < -0.3 is 4.98 Å². The highest BCUT2D eigenvalue weighted by Crippen LogP contribution is 2.26. The van der Waals surface area contributed by atoms with Gasteiger partial charge in [0.1, 0.15) is 0 Å². The van der Waals surface area contributed by atoms with Gasteiger partial charge in [-0.3, -0.25) is 4.98 Å². The molecule has 0 aliphatic rings. The average Bonchev–Trinajstić information content (AvgIpc) is 3.23. The maximum atomic E-state index is 4.44. The van der Waals surface area contributed by atoms with E-state index < -0.39 is 0 Å². The van der Waals surface area contributed by atoms with Gasteiger partial charge in [-0.1, -0.05) is 57.2 Å². The van der Waals surface area contributed by atoms with Crippen molar-refractivity contribution in [1.82, 2.24) is 9.97 Å². The Morgan fingerprint density at radius 2 is 1.71 bits per heavy atom. The molecule has 2 heteroatoms. The Kier molecular flexibility index (Phi) is 8.87. The summed E-state index contributed by atoms with van der Waals surface area (Å²) in [5, 5.41) is 1.40. The largest absolute Gasteiger partial charge is 0.361 e. The number of hydrogen-bond acceptors (Lipinski definition) is 1. The highest BCUT2D eigenvalue weighted by atomic mass is 14.7. The van der Waals surface area contributed by atoms with Crippen molar-refractivity contribution >= 4 is 17.0 Å². The van der Waals surface area contributed by atoms with Crippen LogP contribution in [0.2, 0.25) is 0 Å². The number of allylic oxidation sites excluding steroid dienone is 1. The van der Waals surface area contributed by atoms with Gasteiger partial charge in [0.25, 0.3) is 0 Å². The molecule has 0 aliphatic heterocycles. The summed E-state index contributed by atoms with van der Waals surface area (Å²) in [4.78, 5) is 7.76. The molecule has 0 saturated carbocycles. The number of benzene rings is 2. The number of aromatic nitrogens is 2. The van der Waals surface area contributed by atoms with Gasteiger partial charge in [-0.15, -0.1) is 0 Å². The van der Waals surface area contributed by atoms with Crippen LogP contribution in [-0.2, 0) is 12.8 Å². The first kappa shape index (κ1) is 25.5. The Bertz CT molecular complexity index is 1250. The molecule has 1 atom stereocenters. The first-order chi connectivity index (χ1) is 16.4. The maximum absolute atomic E-state index is 4.44. The van der Waals surface area contributed by atoms with E-state index in [1.54, 1.807) is 0 Å². The fourth-order valence-corrected chi connectivity index (χ4v) is 4.57. The smallest absolute Gasteiger partial charge is 0.0456 e. The fourth-order valence-electron chi connectivity index (χ4n) is 4.57. The molecule has 34 heavy (non-hydrogen) atoms. The molecule has 1 unspecified atom stereocenters. The predicted molar refractivity (Wildman–Crippen MR) is 153 cm³/mol. The molecule has 2 nitrogen and oxygen atoms in total. The van der Waals surface area contributed by atoms with Crippen molar-refractivity contribution in [1.29, 1.82) is 0 Å². The third kappa shape index (κ3) is 6.26. The molecule has 2 heterocycles. The molecule has 4 aromatic rings. The number of pyridine rings is 1. The summed E-state index contributed by atoms with van der Waals surface area (Å²) in [6.07, 6.45) is 9.71. The lowest BCUT2D eigenvalue weighted by Crippen LogP contribution is -1.97. The molecule has 0 fully saturated rings. The second-order valence-corrected chi connectivity index (χ2v) is 9.36. The fraction of sp³-hybridized carbons (Fsp3) is 0.344. The summed E-state index contributed by atoms with van der Waals surface area (Å²) in [5.41, 5.74) is 11.7. The Balaban J connectivity index is 0.000000349. The van der Waals surface area contributed by atoms with Crippen LogP contribution in [0.3, 0.4) is 0 Å². The maximum Gasteiger partial charge on any atom is 0.0456 e. The molecule has 0 saturated heterocycles. The van der Waals surface area contributed by atoms with Gasteiger partial charge in [-0.2, -0.15) is 0 Å². The summed E-state index contributed by atoms with van der Waals surface area (Å²) < 4.78 is 0. The van der Waals surface area contributed by atoms with Crippen LogP contribution >= 0.6 is 0 Å². The zero-order valence-electron chi connectivity index (χ0n) is 22.0. The number of aromatic amines is 1. The molecule has 1 N–H and O–H groups in total. The van der Waals surface area contributed by atoms with E-state index in [0.717, 1.165) is 24.2 Å². The van der Waals surface area contributed by atoms with Gasteiger partial charge in [0, 0.05) is 31.3 Å². The summed E-state index contributed by atoms with van der Waals surface area (Å²) in [7, 11) is 0. The van der Waals surface area contributed by atoms with E-state index in [9.17, 15) is 0 Å². The van der Waals surface area contributed by atoms with Crippen LogP contribution in [0.1, 0.15) is 87.7 Å². The van der Waals surface area contributed by atoms with Crippen LogP contribution in [0, 0.1) is 20.8 Å². The normalized spacial score (nSPS) is 12.1. The molecule has 2 aromatic carbocycles. The number of nitrogens with one attached hydrogen (secondary N) is 1. The van der Waals surface area contributed by atoms with Crippen molar-refractivity contribution in [3.8, 4) is 0 Å². The van der Waals surface area contributed by atoms with E-state index in [4.69, 9.17) is 0 Å². The van der Waals surface area contributed by atoms with Crippen molar-refractivity contribution in [3.63, 3.8) is 0 Å². The quantitative estimate of drug-likeness (QED) is 0.307. The van der Waals surface area contributed by atoms with Crippen molar-refractivity contribution in [2.24, 2.45) is 0 Å². The summed E-state index contributed by atoms with van der Waals surface area (Å²) in [6, 6.07) is 17.7. The van der Waals surface area contributed by atoms with Crippen LogP contribution in [0.4, 0.5) is 0 Å². The topological polar surface area (TPSA) is 28.7 Å². The van der Waals surface area contributed by atoms with Gasteiger partial charge >= 0.3 is 0 Å². The second kappa shape index (κ2) is 11.8. The number of H-pyrrole nitrogens is 1. The predicted octanol–water partition coefficient (Wildman–Crippen LogP) is 9.37. The zero-order valence-corrected chi connectivity index (χ0v) is 22.0. The third-order valence-corrected chi connectivity index (χ3v) is 6.64. The first-order valence-electron chi connectivity index (χ1n) is 12.6. The summed E-state index contributed by atoms with van der Waals surface area (Å²) >= 11 is 0. The zero-order chi connectivity index (χ0) is 24.7. The van der Waals surface area contributed by atoms with Crippen molar-refractivity contribution < 1.29 is 2.85 Å². The SMILES string of the molecule is C/C=C\c1c(C)cccc1Cc1cc(C)nc(C)c1.CCc1c[nH]c2ccc(C(C)CC)cc12.[HH].[HH]. The minimum atomic E-state index is 0. The summed E-state index contributed by atoms with van der Waals surface area (Å²) in [5.74, 6) is 0.661. The Labute approximate surface area is 209 Å². The second-order valence-electron chi connectivity index (χ2n) is 9.36. The molecular weight excluding hydrogens is 412 g/mol. The lowest BCUT2D eigenvalue weighted by molar-refractivity contribution is 0.734. The van der Waals surface area contributed by atoms with E-state index in [2.05, 4.69) is 125 Å². The number of nitrogens with zero attached hydrogens (tertiary/aromatic N) is 1. The molecule has 0 spiro atoms. The highest BCUT2D eigenvalue weighted by molar-refractivity contribution is 5.84. The molecule has 0 aliphatic carbocycles. The standard InChI is InChI=1S/C18H21N.C14H19N.2H2/c1-5-7-18-13(2)8-6-9-17(18)12-16-10-14(3)19-15(4)11-16;1-4-10(3)12-6-7-14-13(8-12)11(5-2)9-15-14;;/h5-11H,12H2,1-4H3;6-10,15H,4-5H2,1-3H3;2*1H/b7-5-;;;. The van der Waals surface area contributed by atoms with E-state index >= 15 is 0 Å². The van der Waals surface area contributed by atoms with Crippen molar-refractivity contribution in [2.45, 2.75) is 73.6 Å². The number of fused-ring (bicyclic) bond motifs is 1. The lowest BCUT2D eigenvalue weighted by atomic mass is 9.96. The molecule has 0 bridgehead atoms. The highest BCUT2D eigenvalue weighted by Gasteiger charge is 2.07. The average molecular weight is 457 g/mol. The minimum Gasteiger partial charge on any atom is -0.361 e. The van der Waals surface area contributed by atoms with Crippen LogP contribution in [0.25, 0.3) is 17.0 Å². The van der Waals surface area contributed by atoms with E-state index in [0.29, 0.717) is 5.92 Å². The number of aryl methyl sites for hydroxylation is 4. The van der Waals surface area contributed by atoms with Gasteiger partial charge in [-0.25, -0.2) is 0 Å². The molecule has 0 amide bonds. The van der Waals surface area contributed by atoms with Crippen LogP contribution in [0.15, 0.2) is 60.8 Å². The first-order valence-corrected chi connectivity index (χ1v) is 12.6. The molecule has 0 radical (unpaired) electrons. The van der Waals surface area contributed by atoms with Crippen LogP contribution in [-0.4, -0.2) is 9.97 Å². The lowest BCUT2D eigenvalue weighted by Gasteiger charge is -2.10. The van der Waals surface area contributed by atoms with E-state index in [1.807, 2.05) is 0 Å². The van der Waals surface area contributed by atoms with Gasteiger partial charge in [-0.05, 0) is 111 Å². The Morgan fingerprint density at radius 1 is 0.971 bits per heavy atom. The number of rotatable bonds is 6. The molecule has 2 aromatic heterocycles. The Morgan fingerprint density at radius 3 is 2.35 bits per heavy atom.